The summed E-state index contributed by atoms with van der Waals surface area (Å²) in [6, 6.07) is 18.3. The molecule has 31 heavy (non-hydrogen) atoms. The zero-order chi connectivity index (χ0) is 21.8. The first-order chi connectivity index (χ1) is 15.1. The Morgan fingerprint density at radius 2 is 1.87 bits per heavy atom. The molecule has 0 aliphatic heterocycles. The van der Waals surface area contributed by atoms with Gasteiger partial charge in [-0.1, -0.05) is 23.7 Å². The molecule has 0 saturated carbocycles. The van der Waals surface area contributed by atoms with Gasteiger partial charge in [-0.3, -0.25) is 4.79 Å². The number of fused-ring (bicyclic) bond motifs is 1. The molecule has 4 rings (SSSR count). The number of halogens is 1. The number of carbonyl (C=O) groups excluding carboxylic acids is 1. The van der Waals surface area contributed by atoms with E-state index in [9.17, 15) is 4.79 Å². The van der Waals surface area contributed by atoms with Crippen LogP contribution in [0.2, 0.25) is 5.02 Å². The summed E-state index contributed by atoms with van der Waals surface area (Å²) in [5.41, 5.74) is 3.73. The van der Waals surface area contributed by atoms with E-state index in [4.69, 9.17) is 25.5 Å². The Morgan fingerprint density at radius 3 is 2.65 bits per heavy atom. The van der Waals surface area contributed by atoms with Crippen LogP contribution in [0.4, 0.5) is 5.69 Å². The minimum absolute atomic E-state index is 0.0938. The molecule has 0 radical (unpaired) electrons. The van der Waals surface area contributed by atoms with E-state index in [0.29, 0.717) is 52.0 Å². The van der Waals surface area contributed by atoms with E-state index in [1.54, 1.807) is 38.5 Å². The molecule has 158 valence electrons. The van der Waals surface area contributed by atoms with Gasteiger partial charge >= 0.3 is 0 Å². The Morgan fingerprint density at radius 1 is 1.03 bits per heavy atom. The van der Waals surface area contributed by atoms with Crippen LogP contribution in [0.25, 0.3) is 22.6 Å². The number of oxazole rings is 1. The average Bonchev–Trinajstić information content (AvgIpc) is 3.21. The van der Waals surface area contributed by atoms with Gasteiger partial charge in [0.1, 0.15) is 5.52 Å². The number of rotatable bonds is 7. The molecule has 0 aliphatic rings. The molecule has 0 atom stereocenters. The van der Waals surface area contributed by atoms with Gasteiger partial charge in [0.2, 0.25) is 11.8 Å². The van der Waals surface area contributed by atoms with Crippen LogP contribution in [0.5, 0.6) is 11.5 Å². The third kappa shape index (κ3) is 4.81. The lowest BCUT2D eigenvalue weighted by atomic mass is 10.1. The molecule has 1 aromatic heterocycles. The summed E-state index contributed by atoms with van der Waals surface area (Å²) in [4.78, 5) is 16.9. The second-order valence-electron chi connectivity index (χ2n) is 6.95. The number of aromatic nitrogens is 1. The van der Waals surface area contributed by atoms with Gasteiger partial charge in [-0.25, -0.2) is 4.98 Å². The van der Waals surface area contributed by atoms with Crippen molar-refractivity contribution in [1.29, 1.82) is 0 Å². The predicted octanol–water partition coefficient (Wildman–Crippen LogP) is 5.74. The molecule has 0 aliphatic carbocycles. The molecule has 3 aromatic carbocycles. The fraction of sp³-hybridized carbons (Fsp3) is 0.167. The standard InChI is InChI=1S/C24H21ClN2O4/c1-29-20-10-6-15(12-22(20)30-2)7-11-23(28)26-18-8-9-19-21(14-18)31-24(27-19)16-4-3-5-17(25)13-16/h3-6,8-10,12-14H,7,11H2,1-2H3,(H,26,28). The second kappa shape index (κ2) is 9.10. The third-order valence-electron chi connectivity index (χ3n) is 4.83. The van der Waals surface area contributed by atoms with Crippen molar-refractivity contribution in [3.63, 3.8) is 0 Å². The van der Waals surface area contributed by atoms with Gasteiger partial charge in [0.05, 0.1) is 14.2 Å². The van der Waals surface area contributed by atoms with Crippen molar-refractivity contribution in [2.75, 3.05) is 19.5 Å². The fourth-order valence-electron chi connectivity index (χ4n) is 3.26. The van der Waals surface area contributed by atoms with E-state index in [1.807, 2.05) is 36.4 Å². The number of methoxy groups -OCH3 is 2. The molecule has 1 heterocycles. The van der Waals surface area contributed by atoms with Crippen LogP contribution in [-0.4, -0.2) is 25.1 Å². The van der Waals surface area contributed by atoms with Crippen molar-refractivity contribution in [1.82, 2.24) is 4.98 Å². The summed E-state index contributed by atoms with van der Waals surface area (Å²) in [5, 5.41) is 3.52. The van der Waals surface area contributed by atoms with Crippen LogP contribution >= 0.6 is 11.6 Å². The number of nitrogens with zero attached hydrogens (tertiary/aromatic N) is 1. The fourth-order valence-corrected chi connectivity index (χ4v) is 3.46. The van der Waals surface area contributed by atoms with Gasteiger partial charge in [-0.05, 0) is 54.4 Å². The number of ether oxygens (including phenoxy) is 2. The molecule has 0 saturated heterocycles. The Kier molecular flexibility index (Phi) is 6.09. The van der Waals surface area contributed by atoms with Crippen molar-refractivity contribution in [3.05, 3.63) is 71.2 Å². The van der Waals surface area contributed by atoms with Crippen LogP contribution < -0.4 is 14.8 Å². The molecular formula is C24H21ClN2O4. The highest BCUT2D eigenvalue weighted by Gasteiger charge is 2.11. The number of hydrogen-bond acceptors (Lipinski definition) is 5. The van der Waals surface area contributed by atoms with Crippen LogP contribution in [0, 0.1) is 0 Å². The second-order valence-corrected chi connectivity index (χ2v) is 7.39. The van der Waals surface area contributed by atoms with Crippen LogP contribution in [-0.2, 0) is 11.2 Å². The number of benzene rings is 3. The number of nitrogens with one attached hydrogen (secondary N) is 1. The molecule has 1 N–H and O–H groups in total. The molecule has 1 amide bonds. The van der Waals surface area contributed by atoms with Crippen LogP contribution in [0.1, 0.15) is 12.0 Å². The quantitative estimate of drug-likeness (QED) is 0.400. The molecule has 0 spiro atoms. The molecule has 4 aromatic rings. The molecule has 0 bridgehead atoms. The van der Waals surface area contributed by atoms with Crippen molar-refractivity contribution >= 4 is 34.3 Å². The van der Waals surface area contributed by atoms with Crippen molar-refractivity contribution < 1.29 is 18.7 Å². The molecule has 0 unspecified atom stereocenters. The number of amides is 1. The smallest absolute Gasteiger partial charge is 0.227 e. The topological polar surface area (TPSA) is 73.6 Å². The summed E-state index contributed by atoms with van der Waals surface area (Å²) in [6.45, 7) is 0. The Labute approximate surface area is 184 Å². The number of aryl methyl sites for hydroxylation is 1. The number of carbonyl (C=O) groups is 1. The minimum Gasteiger partial charge on any atom is -0.493 e. The maximum atomic E-state index is 12.4. The Bertz CT molecular complexity index is 1240. The predicted molar refractivity (Wildman–Crippen MR) is 121 cm³/mol. The van der Waals surface area contributed by atoms with Gasteiger partial charge in [-0.15, -0.1) is 0 Å². The highest BCUT2D eigenvalue weighted by atomic mass is 35.5. The van der Waals surface area contributed by atoms with E-state index in [-0.39, 0.29) is 5.91 Å². The molecular weight excluding hydrogens is 416 g/mol. The van der Waals surface area contributed by atoms with Gasteiger partial charge in [0, 0.05) is 28.8 Å². The highest BCUT2D eigenvalue weighted by Crippen LogP contribution is 2.29. The normalized spacial score (nSPS) is 10.8. The van der Waals surface area contributed by atoms with E-state index in [1.165, 1.54) is 0 Å². The number of hydrogen-bond donors (Lipinski definition) is 1. The number of anilines is 1. The van der Waals surface area contributed by atoms with Crippen molar-refractivity contribution in [2.24, 2.45) is 0 Å². The lowest BCUT2D eigenvalue weighted by Gasteiger charge is -2.09. The zero-order valence-corrected chi connectivity index (χ0v) is 17.9. The molecule has 0 fully saturated rings. The Hall–Kier alpha value is -3.51. The van der Waals surface area contributed by atoms with Crippen molar-refractivity contribution in [3.8, 4) is 23.0 Å². The summed E-state index contributed by atoms with van der Waals surface area (Å²) >= 11 is 6.05. The molecule has 7 heteroatoms. The highest BCUT2D eigenvalue weighted by molar-refractivity contribution is 6.30. The summed E-state index contributed by atoms with van der Waals surface area (Å²) < 4.78 is 16.4. The van der Waals surface area contributed by atoms with Crippen LogP contribution in [0.15, 0.2) is 65.1 Å². The van der Waals surface area contributed by atoms with E-state index in [0.717, 1.165) is 11.1 Å². The van der Waals surface area contributed by atoms with Gasteiger partial charge < -0.3 is 19.2 Å². The van der Waals surface area contributed by atoms with Gasteiger partial charge in [-0.2, -0.15) is 0 Å². The Balaban J connectivity index is 1.43. The summed E-state index contributed by atoms with van der Waals surface area (Å²) in [5.74, 6) is 1.69. The van der Waals surface area contributed by atoms with Crippen LogP contribution in [0.3, 0.4) is 0 Å². The van der Waals surface area contributed by atoms with E-state index in [2.05, 4.69) is 10.3 Å². The first-order valence-corrected chi connectivity index (χ1v) is 10.1. The van der Waals surface area contributed by atoms with E-state index >= 15 is 0 Å². The third-order valence-corrected chi connectivity index (χ3v) is 5.07. The summed E-state index contributed by atoms with van der Waals surface area (Å²) in [6.07, 6.45) is 0.910. The lowest BCUT2D eigenvalue weighted by Crippen LogP contribution is -2.12. The van der Waals surface area contributed by atoms with Gasteiger partial charge in [0.15, 0.2) is 17.1 Å². The SMILES string of the molecule is COc1ccc(CCC(=O)Nc2ccc3nc(-c4cccc(Cl)c4)oc3c2)cc1OC. The lowest BCUT2D eigenvalue weighted by molar-refractivity contribution is -0.116. The monoisotopic (exact) mass is 436 g/mol. The summed E-state index contributed by atoms with van der Waals surface area (Å²) in [7, 11) is 3.18. The average molecular weight is 437 g/mol. The van der Waals surface area contributed by atoms with E-state index < -0.39 is 0 Å². The first kappa shape index (κ1) is 20.8. The minimum atomic E-state index is -0.0938. The zero-order valence-electron chi connectivity index (χ0n) is 17.1. The first-order valence-electron chi connectivity index (χ1n) is 9.73. The maximum Gasteiger partial charge on any atom is 0.227 e. The maximum absolute atomic E-state index is 12.4. The molecule has 6 nitrogen and oxygen atoms in total. The van der Waals surface area contributed by atoms with Gasteiger partial charge in [0.25, 0.3) is 0 Å². The largest absolute Gasteiger partial charge is 0.493 e. The van der Waals surface area contributed by atoms with Crippen molar-refractivity contribution in [2.45, 2.75) is 12.8 Å².